The van der Waals surface area contributed by atoms with Crippen molar-refractivity contribution in [2.45, 2.75) is 49.3 Å². The molecule has 0 aromatic heterocycles. The second kappa shape index (κ2) is 9.58. The van der Waals surface area contributed by atoms with Gasteiger partial charge in [-0.1, -0.05) is 0 Å². The Balaban J connectivity index is 4.07. The molecule has 0 heterocycles. The number of nitrogens with two attached hydrogens (primary N) is 1. The number of nitrogens with one attached hydrogen (secondary N) is 1. The maximum atomic E-state index is 11.8. The standard InChI is InChI=1S/C10H20N2O3S5Se/c1-9(2,16)5(11)8(15)18-21-20-19-12-6(7(13)14)10(3,4)17/h5-6,12,16-17H,11H2,1-4H3,(H,13,14)/t5-,6-/m1/s1. The summed E-state index contributed by atoms with van der Waals surface area (Å²) in [7, 11) is 3.78. The predicted molar refractivity (Wildman–Crippen MR) is 102 cm³/mol. The first kappa shape index (κ1) is 22.3. The van der Waals surface area contributed by atoms with E-state index < -0.39 is 27.5 Å². The van der Waals surface area contributed by atoms with Crippen LogP contribution in [0.3, 0.4) is 0 Å². The van der Waals surface area contributed by atoms with Gasteiger partial charge >= 0.3 is 154 Å². The van der Waals surface area contributed by atoms with Gasteiger partial charge in [0.25, 0.3) is 0 Å². The van der Waals surface area contributed by atoms with Gasteiger partial charge < -0.3 is 0 Å². The van der Waals surface area contributed by atoms with Gasteiger partial charge in [0.2, 0.25) is 0 Å². The van der Waals surface area contributed by atoms with E-state index in [1.807, 2.05) is 0 Å². The Morgan fingerprint density at radius 3 is 2.14 bits per heavy atom. The fourth-order valence-electron chi connectivity index (χ4n) is 0.966. The number of carbonyl (C=O) groups is 2. The second-order valence-electron chi connectivity index (χ2n) is 5.30. The van der Waals surface area contributed by atoms with E-state index in [4.69, 9.17) is 10.8 Å². The van der Waals surface area contributed by atoms with Gasteiger partial charge in [0.05, 0.1) is 0 Å². The van der Waals surface area contributed by atoms with Crippen molar-refractivity contribution in [3.8, 4) is 0 Å². The van der Waals surface area contributed by atoms with Crippen molar-refractivity contribution in [1.29, 1.82) is 0 Å². The SMILES string of the molecule is CC(C)(S)[C@H](N)C(=O)S[Se]SSN[C@H](C(=O)O)C(C)(C)S. The molecule has 124 valence electrons. The molecule has 0 aliphatic heterocycles. The molecule has 21 heavy (non-hydrogen) atoms. The summed E-state index contributed by atoms with van der Waals surface area (Å²) in [6.07, 6.45) is 0. The van der Waals surface area contributed by atoms with Crippen LogP contribution in [0.25, 0.3) is 0 Å². The topological polar surface area (TPSA) is 92.4 Å². The van der Waals surface area contributed by atoms with E-state index in [0.717, 1.165) is 10.2 Å². The van der Waals surface area contributed by atoms with Gasteiger partial charge in [-0.05, 0) is 0 Å². The van der Waals surface area contributed by atoms with E-state index in [0.29, 0.717) is 0 Å². The van der Waals surface area contributed by atoms with E-state index in [9.17, 15) is 9.59 Å². The molecule has 0 aromatic rings. The van der Waals surface area contributed by atoms with Crippen molar-refractivity contribution in [2.75, 3.05) is 0 Å². The summed E-state index contributed by atoms with van der Waals surface area (Å²) in [5, 5.41) is 9.00. The number of aliphatic carboxylic acids is 1. The molecule has 0 fully saturated rings. The van der Waals surface area contributed by atoms with Crippen LogP contribution in [0.1, 0.15) is 27.7 Å². The minimum absolute atomic E-state index is 0.102. The summed E-state index contributed by atoms with van der Waals surface area (Å²) in [5.74, 6) is -0.960. The Bertz CT molecular complexity index is 373. The summed E-state index contributed by atoms with van der Waals surface area (Å²) < 4.78 is 1.60. The second-order valence-corrected chi connectivity index (χ2v) is 16.3. The van der Waals surface area contributed by atoms with Gasteiger partial charge in [0, 0.05) is 0 Å². The molecule has 4 N–H and O–H groups in total. The molecule has 0 amide bonds. The Labute approximate surface area is 153 Å². The molecule has 0 aliphatic rings. The molecule has 11 heteroatoms. The number of rotatable bonds is 9. The Morgan fingerprint density at radius 1 is 1.24 bits per heavy atom. The van der Waals surface area contributed by atoms with Crippen LogP contribution in [0.5, 0.6) is 0 Å². The van der Waals surface area contributed by atoms with E-state index >= 15 is 0 Å². The average Bonchev–Trinajstić information content (AvgIpc) is 2.28. The number of hydrogen-bond acceptors (Lipinski definition) is 9. The van der Waals surface area contributed by atoms with Gasteiger partial charge in [-0.25, -0.2) is 0 Å². The van der Waals surface area contributed by atoms with Crippen molar-refractivity contribution >= 4 is 79.4 Å². The van der Waals surface area contributed by atoms with Gasteiger partial charge in [0.15, 0.2) is 0 Å². The van der Waals surface area contributed by atoms with Gasteiger partial charge in [-0.15, -0.1) is 0 Å². The van der Waals surface area contributed by atoms with Crippen molar-refractivity contribution in [3.05, 3.63) is 0 Å². The normalized spacial score (nSPS) is 15.6. The van der Waals surface area contributed by atoms with E-state index in [-0.39, 0.29) is 17.8 Å². The molecular formula is C10H20N2O3S5Se. The van der Waals surface area contributed by atoms with Crippen LogP contribution >= 0.6 is 55.6 Å². The number of carboxylic acids is 1. The zero-order valence-electron chi connectivity index (χ0n) is 12.0. The van der Waals surface area contributed by atoms with Crippen molar-refractivity contribution < 1.29 is 14.7 Å². The Morgan fingerprint density at radius 2 is 1.76 bits per heavy atom. The first-order valence-corrected chi connectivity index (χ1v) is 13.7. The first-order valence-electron chi connectivity index (χ1n) is 5.76. The van der Waals surface area contributed by atoms with E-state index in [1.165, 1.54) is 20.2 Å². The molecule has 2 atom stereocenters. The summed E-state index contributed by atoms with van der Waals surface area (Å²) in [6.45, 7) is 7.04. The zero-order valence-corrected chi connectivity index (χ0v) is 18.0. The Hall–Kier alpha value is 1.33. The van der Waals surface area contributed by atoms with E-state index in [1.54, 1.807) is 27.7 Å². The van der Waals surface area contributed by atoms with Gasteiger partial charge in [-0.3, -0.25) is 0 Å². The van der Waals surface area contributed by atoms with Crippen LogP contribution in [0.15, 0.2) is 0 Å². The molecular weight excluding hydrogens is 435 g/mol. The summed E-state index contributed by atoms with van der Waals surface area (Å²) in [4.78, 5) is 22.9. The van der Waals surface area contributed by atoms with Crippen LogP contribution in [0, 0.1) is 0 Å². The number of carbonyl (C=O) groups excluding carboxylic acids is 1. The molecule has 0 spiro atoms. The Kier molecular flexibility index (Phi) is 10.2. The molecule has 0 saturated carbocycles. The average molecular weight is 456 g/mol. The van der Waals surface area contributed by atoms with Gasteiger partial charge in [-0.2, -0.15) is 0 Å². The van der Waals surface area contributed by atoms with Gasteiger partial charge in [0.1, 0.15) is 0 Å². The first-order chi connectivity index (χ1) is 9.37. The fraction of sp³-hybridized carbons (Fsp3) is 0.800. The molecule has 0 aliphatic carbocycles. The van der Waals surface area contributed by atoms with Crippen LogP contribution < -0.4 is 10.5 Å². The zero-order chi connectivity index (χ0) is 16.8. The number of hydrogen-bond donors (Lipinski definition) is 5. The third kappa shape index (κ3) is 9.26. The molecule has 0 radical (unpaired) electrons. The molecule has 0 bridgehead atoms. The number of carboxylic acid groups (broad SMARTS) is 1. The molecule has 0 rings (SSSR count). The van der Waals surface area contributed by atoms with Crippen LogP contribution in [0.2, 0.25) is 0 Å². The monoisotopic (exact) mass is 456 g/mol. The third-order valence-corrected chi connectivity index (χ3v) is 11.9. The summed E-state index contributed by atoms with van der Waals surface area (Å²) in [6, 6.07) is -1.41. The molecule has 0 aromatic carbocycles. The maximum absolute atomic E-state index is 11.8. The molecule has 0 saturated heterocycles. The summed E-state index contributed by atoms with van der Waals surface area (Å²) in [5.41, 5.74) is 5.80. The van der Waals surface area contributed by atoms with Crippen molar-refractivity contribution in [1.82, 2.24) is 4.72 Å². The van der Waals surface area contributed by atoms with E-state index in [2.05, 4.69) is 30.0 Å². The third-order valence-electron chi connectivity index (χ3n) is 2.31. The fourth-order valence-corrected chi connectivity index (χ4v) is 9.57. The number of thiol groups is 2. The summed E-state index contributed by atoms with van der Waals surface area (Å²) >= 11 is 8.44. The minimum atomic E-state index is -0.960. The van der Waals surface area contributed by atoms with Crippen LogP contribution in [-0.2, 0) is 9.59 Å². The molecule has 0 unspecified atom stereocenters. The quantitative estimate of drug-likeness (QED) is 0.118. The van der Waals surface area contributed by atoms with Crippen LogP contribution in [-0.4, -0.2) is 50.5 Å². The van der Waals surface area contributed by atoms with Crippen molar-refractivity contribution in [2.24, 2.45) is 5.73 Å². The van der Waals surface area contributed by atoms with Crippen molar-refractivity contribution in [3.63, 3.8) is 0 Å². The molecule has 5 nitrogen and oxygen atoms in total. The predicted octanol–water partition coefficient (Wildman–Crippen LogP) is 1.86. The van der Waals surface area contributed by atoms with Crippen LogP contribution in [0.4, 0.5) is 0 Å².